The first-order valence-electron chi connectivity index (χ1n) is 6.36. The highest BCUT2D eigenvalue weighted by atomic mass is 32.1. The molecule has 2 aromatic rings. The monoisotopic (exact) mass is 296 g/mol. The Kier molecular flexibility index (Phi) is 3.41. The lowest BCUT2D eigenvalue weighted by Gasteiger charge is -2.13. The maximum Gasteiger partial charge on any atom is 0.331 e. The molecule has 2 aromatic carbocycles. The lowest BCUT2D eigenvalue weighted by atomic mass is 10.2. The van der Waals surface area contributed by atoms with Gasteiger partial charge < -0.3 is 10.4 Å². The molecular formula is C16H12N2O2S. The van der Waals surface area contributed by atoms with Gasteiger partial charge in [0.25, 0.3) is 0 Å². The van der Waals surface area contributed by atoms with E-state index >= 15 is 0 Å². The maximum atomic E-state index is 12.1. The van der Waals surface area contributed by atoms with Crippen LogP contribution in [-0.2, 0) is 0 Å². The summed E-state index contributed by atoms with van der Waals surface area (Å²) in [5.41, 5.74) is 2.03. The fourth-order valence-electron chi connectivity index (χ4n) is 2.13. The third kappa shape index (κ3) is 2.64. The Morgan fingerprint density at radius 2 is 1.86 bits per heavy atom. The van der Waals surface area contributed by atoms with E-state index in [1.165, 1.54) is 4.90 Å². The normalized spacial score (nSPS) is 16.4. The van der Waals surface area contributed by atoms with Crippen LogP contribution in [0.25, 0.3) is 6.08 Å². The Morgan fingerprint density at radius 3 is 2.57 bits per heavy atom. The Labute approximate surface area is 127 Å². The molecule has 1 aliphatic heterocycles. The second kappa shape index (κ2) is 5.38. The summed E-state index contributed by atoms with van der Waals surface area (Å²) in [5, 5.41) is 12.2. The van der Waals surface area contributed by atoms with Crippen molar-refractivity contribution in [3.63, 3.8) is 0 Å². The number of aromatic hydroxyl groups is 1. The number of nitrogens with zero attached hydrogens (tertiary/aromatic N) is 1. The van der Waals surface area contributed by atoms with Crippen LogP contribution in [0.3, 0.4) is 0 Å². The summed E-state index contributed by atoms with van der Waals surface area (Å²) in [6, 6.07) is 15.7. The van der Waals surface area contributed by atoms with E-state index < -0.39 is 0 Å². The molecule has 3 rings (SSSR count). The predicted molar refractivity (Wildman–Crippen MR) is 86.1 cm³/mol. The molecule has 0 aromatic heterocycles. The number of anilines is 1. The topological polar surface area (TPSA) is 52.6 Å². The second-order valence-corrected chi connectivity index (χ2v) is 4.95. The van der Waals surface area contributed by atoms with Crippen LogP contribution in [0.15, 0.2) is 60.3 Å². The average Bonchev–Trinajstić information content (AvgIpc) is 2.74. The number of hydrogen-bond acceptors (Lipinski definition) is 3. The number of thiocarbonyl (C=S) groups is 1. The van der Waals surface area contributed by atoms with Crippen molar-refractivity contribution in [3.8, 4) is 5.75 Å². The number of nitrogens with one attached hydrogen (secondary N) is 1. The summed E-state index contributed by atoms with van der Waals surface area (Å²) in [6.07, 6.45) is 1.74. The molecule has 104 valence electrons. The number of para-hydroxylation sites is 1. The van der Waals surface area contributed by atoms with E-state index in [1.807, 2.05) is 36.4 Å². The van der Waals surface area contributed by atoms with E-state index in [0.29, 0.717) is 10.7 Å². The number of phenols is 1. The molecule has 0 spiro atoms. The van der Waals surface area contributed by atoms with Gasteiger partial charge in [0, 0.05) is 0 Å². The number of carbonyl (C=O) groups is 1. The van der Waals surface area contributed by atoms with Gasteiger partial charge in [-0.3, -0.25) is 4.90 Å². The molecule has 0 atom stereocenters. The average molecular weight is 296 g/mol. The summed E-state index contributed by atoms with van der Waals surface area (Å²) >= 11 is 5.36. The van der Waals surface area contributed by atoms with Gasteiger partial charge in [0.2, 0.25) is 0 Å². The molecule has 1 aliphatic rings. The molecule has 2 N–H and O–H groups in total. The largest absolute Gasteiger partial charge is 0.508 e. The van der Waals surface area contributed by atoms with E-state index in [9.17, 15) is 9.90 Å². The third-order valence-electron chi connectivity index (χ3n) is 3.07. The first-order chi connectivity index (χ1) is 10.1. The van der Waals surface area contributed by atoms with Crippen LogP contribution in [0, 0.1) is 0 Å². The first-order valence-corrected chi connectivity index (χ1v) is 6.77. The molecule has 5 heteroatoms. The summed E-state index contributed by atoms with van der Waals surface area (Å²) in [6.45, 7) is 0. The maximum absolute atomic E-state index is 12.1. The van der Waals surface area contributed by atoms with Gasteiger partial charge in [-0.1, -0.05) is 42.5 Å². The third-order valence-corrected chi connectivity index (χ3v) is 3.48. The lowest BCUT2D eigenvalue weighted by Crippen LogP contribution is -2.29. The number of rotatable bonds is 2. The van der Waals surface area contributed by atoms with Crippen molar-refractivity contribution >= 4 is 35.0 Å². The van der Waals surface area contributed by atoms with Crippen molar-refractivity contribution in [1.82, 2.24) is 5.32 Å². The van der Waals surface area contributed by atoms with E-state index in [1.54, 1.807) is 24.3 Å². The van der Waals surface area contributed by atoms with E-state index in [4.69, 9.17) is 12.2 Å². The zero-order valence-corrected chi connectivity index (χ0v) is 11.8. The molecule has 0 aliphatic carbocycles. The molecular weight excluding hydrogens is 284 g/mol. The number of benzene rings is 2. The van der Waals surface area contributed by atoms with Crippen molar-refractivity contribution in [2.75, 3.05) is 4.90 Å². The van der Waals surface area contributed by atoms with Crippen molar-refractivity contribution in [2.45, 2.75) is 0 Å². The van der Waals surface area contributed by atoms with Gasteiger partial charge in [-0.25, -0.2) is 4.79 Å². The molecule has 0 radical (unpaired) electrons. The number of hydrogen-bond donors (Lipinski definition) is 2. The van der Waals surface area contributed by atoms with Crippen LogP contribution >= 0.6 is 12.2 Å². The van der Waals surface area contributed by atoms with Crippen LogP contribution < -0.4 is 10.2 Å². The molecule has 21 heavy (non-hydrogen) atoms. The molecule has 0 unspecified atom stereocenters. The summed E-state index contributed by atoms with van der Waals surface area (Å²) < 4.78 is 0. The van der Waals surface area contributed by atoms with Gasteiger partial charge >= 0.3 is 6.03 Å². The highest BCUT2D eigenvalue weighted by Crippen LogP contribution is 2.23. The van der Waals surface area contributed by atoms with E-state index in [-0.39, 0.29) is 11.8 Å². The molecule has 2 amide bonds. The van der Waals surface area contributed by atoms with E-state index in [2.05, 4.69) is 5.32 Å². The second-order valence-electron chi connectivity index (χ2n) is 4.56. The van der Waals surface area contributed by atoms with Gasteiger partial charge in [-0.05, 0) is 35.9 Å². The zero-order chi connectivity index (χ0) is 14.8. The number of urea groups is 1. The van der Waals surface area contributed by atoms with E-state index in [0.717, 1.165) is 11.3 Å². The minimum absolute atomic E-state index is 0.166. The fraction of sp³-hybridized carbons (Fsp3) is 0. The molecule has 4 nitrogen and oxygen atoms in total. The van der Waals surface area contributed by atoms with Gasteiger partial charge in [0.05, 0.1) is 11.4 Å². The van der Waals surface area contributed by atoms with Crippen molar-refractivity contribution in [2.24, 2.45) is 0 Å². The SMILES string of the molecule is O=C1NC(=Cc2cccc(O)c2)C(=S)N1c1ccccc1. The Balaban J connectivity index is 1.94. The first kappa shape index (κ1) is 13.3. The number of carbonyl (C=O) groups excluding carboxylic acids is 1. The molecule has 0 saturated carbocycles. The smallest absolute Gasteiger partial charge is 0.331 e. The molecule has 1 fully saturated rings. The summed E-state index contributed by atoms with van der Waals surface area (Å²) in [7, 11) is 0. The van der Waals surface area contributed by atoms with Crippen LogP contribution in [0.5, 0.6) is 5.75 Å². The molecule has 1 heterocycles. The Bertz CT molecular complexity index is 741. The Hall–Kier alpha value is -2.66. The van der Waals surface area contributed by atoms with Crippen molar-refractivity contribution in [1.29, 1.82) is 0 Å². The Morgan fingerprint density at radius 1 is 1.10 bits per heavy atom. The lowest BCUT2D eigenvalue weighted by molar-refractivity contribution is 0.253. The highest BCUT2D eigenvalue weighted by Gasteiger charge is 2.31. The van der Waals surface area contributed by atoms with Crippen molar-refractivity contribution < 1.29 is 9.90 Å². The van der Waals surface area contributed by atoms with Gasteiger partial charge in [-0.15, -0.1) is 0 Å². The van der Waals surface area contributed by atoms with Crippen molar-refractivity contribution in [3.05, 3.63) is 65.9 Å². The summed E-state index contributed by atoms with van der Waals surface area (Å²) in [4.78, 5) is 13.9. The molecule has 0 bridgehead atoms. The fourth-order valence-corrected chi connectivity index (χ4v) is 2.43. The number of phenolic OH excluding ortho intramolecular Hbond substituents is 1. The highest BCUT2D eigenvalue weighted by molar-refractivity contribution is 7.81. The van der Waals surface area contributed by atoms with Crippen LogP contribution in [-0.4, -0.2) is 16.1 Å². The minimum atomic E-state index is -0.280. The summed E-state index contributed by atoms with van der Waals surface area (Å²) in [5.74, 6) is 0.166. The number of amides is 2. The standard InChI is InChI=1S/C16H12N2O2S/c19-13-8-4-5-11(9-13)10-14-15(21)18(16(20)17-14)12-6-2-1-3-7-12/h1-10,19H,(H,17,20). The van der Waals surface area contributed by atoms with Crippen LogP contribution in [0.2, 0.25) is 0 Å². The van der Waals surface area contributed by atoms with Gasteiger partial charge in [0.15, 0.2) is 0 Å². The van der Waals surface area contributed by atoms with Gasteiger partial charge in [-0.2, -0.15) is 0 Å². The predicted octanol–water partition coefficient (Wildman–Crippen LogP) is 3.29. The van der Waals surface area contributed by atoms with Gasteiger partial charge in [0.1, 0.15) is 10.7 Å². The van der Waals surface area contributed by atoms with Crippen LogP contribution in [0.4, 0.5) is 10.5 Å². The minimum Gasteiger partial charge on any atom is -0.508 e. The zero-order valence-electron chi connectivity index (χ0n) is 11.0. The quantitative estimate of drug-likeness (QED) is 0.660. The van der Waals surface area contributed by atoms with Crippen LogP contribution in [0.1, 0.15) is 5.56 Å². The molecule has 1 saturated heterocycles.